The van der Waals surface area contributed by atoms with Crippen molar-refractivity contribution in [3.8, 4) is 0 Å². The van der Waals surface area contributed by atoms with Gasteiger partial charge in [0.05, 0.1) is 42.4 Å². The first kappa shape index (κ1) is 20.6. The molecule has 0 aliphatic carbocycles. The van der Waals surface area contributed by atoms with Crippen LogP contribution >= 0.6 is 0 Å². The summed E-state index contributed by atoms with van der Waals surface area (Å²) in [5.74, 6) is 0.492. The van der Waals surface area contributed by atoms with Gasteiger partial charge < -0.3 is 4.40 Å². The van der Waals surface area contributed by atoms with Gasteiger partial charge >= 0.3 is 0 Å². The standard InChI is InChI=1S/C29H32N3Si/c1-16(2)19-9-10-21-22-11-17(3)18(4)26-28(22)32(24(21)12-19)25-14-20(33(6,7)8)13-23-27(25)29(26)31(5)15-30-23/h9-16H,1-8H3/q+1. The zero-order chi connectivity index (χ0) is 23.4. The highest BCUT2D eigenvalue weighted by Crippen LogP contribution is 2.41. The number of rotatable bonds is 2. The number of nitrogens with zero attached hydrogens (tertiary/aromatic N) is 3. The lowest BCUT2D eigenvalue weighted by atomic mass is 9.97. The van der Waals surface area contributed by atoms with Gasteiger partial charge in [0.2, 0.25) is 0 Å². The molecule has 3 aromatic heterocycles. The molecule has 3 heterocycles. The fraction of sp³-hybridized carbons (Fsp3) is 0.310. The van der Waals surface area contributed by atoms with Crippen LogP contribution in [-0.4, -0.2) is 17.5 Å². The van der Waals surface area contributed by atoms with Crippen molar-refractivity contribution in [2.75, 3.05) is 0 Å². The minimum absolute atomic E-state index is 0.492. The van der Waals surface area contributed by atoms with Crippen LogP contribution in [0.3, 0.4) is 0 Å². The number of pyridine rings is 1. The van der Waals surface area contributed by atoms with E-state index in [1.165, 1.54) is 65.5 Å². The molecule has 3 nitrogen and oxygen atoms in total. The number of fused-ring (bicyclic) bond motifs is 5. The highest BCUT2D eigenvalue weighted by Gasteiger charge is 2.27. The van der Waals surface area contributed by atoms with Crippen LogP contribution in [0.25, 0.3) is 49.1 Å². The third-order valence-electron chi connectivity index (χ3n) is 7.66. The Morgan fingerprint density at radius 1 is 0.909 bits per heavy atom. The zero-order valence-corrected chi connectivity index (χ0v) is 22.0. The van der Waals surface area contributed by atoms with Crippen LogP contribution in [-0.2, 0) is 7.05 Å². The summed E-state index contributed by atoms with van der Waals surface area (Å²) in [5.41, 5.74) is 10.4. The predicted octanol–water partition coefficient (Wildman–Crippen LogP) is 6.49. The molecule has 6 aromatic rings. The maximum absolute atomic E-state index is 4.93. The van der Waals surface area contributed by atoms with Gasteiger partial charge in [-0.2, -0.15) is 0 Å². The van der Waals surface area contributed by atoms with Crippen LogP contribution in [0, 0.1) is 13.8 Å². The maximum atomic E-state index is 4.93. The van der Waals surface area contributed by atoms with Crippen LogP contribution in [0.2, 0.25) is 19.6 Å². The van der Waals surface area contributed by atoms with Gasteiger partial charge in [0.15, 0.2) is 5.52 Å². The molecule has 4 heteroatoms. The Balaban J connectivity index is 2.04. The van der Waals surface area contributed by atoms with E-state index in [-0.39, 0.29) is 0 Å². The Morgan fingerprint density at radius 3 is 2.36 bits per heavy atom. The van der Waals surface area contributed by atoms with Crippen molar-refractivity contribution in [3.05, 3.63) is 59.4 Å². The molecular formula is C29H32N3Si+. The topological polar surface area (TPSA) is 21.2 Å². The first-order valence-corrected chi connectivity index (χ1v) is 15.5. The maximum Gasteiger partial charge on any atom is 0.287 e. The van der Waals surface area contributed by atoms with Crippen LogP contribution < -0.4 is 9.75 Å². The second kappa shape index (κ2) is 6.54. The van der Waals surface area contributed by atoms with Crippen molar-refractivity contribution >= 4 is 62.4 Å². The average molecular weight is 451 g/mol. The quantitative estimate of drug-likeness (QED) is 0.128. The van der Waals surface area contributed by atoms with E-state index in [0.717, 1.165) is 5.52 Å². The summed E-state index contributed by atoms with van der Waals surface area (Å²) >= 11 is 0. The summed E-state index contributed by atoms with van der Waals surface area (Å²) in [6, 6.07) is 14.3. The molecule has 0 N–H and O–H groups in total. The number of benzene rings is 3. The summed E-state index contributed by atoms with van der Waals surface area (Å²) in [5, 5.41) is 6.79. The Bertz CT molecular complexity index is 1750. The average Bonchev–Trinajstić information content (AvgIpc) is 3.08. The van der Waals surface area contributed by atoms with Gasteiger partial charge in [0.25, 0.3) is 6.33 Å². The normalized spacial score (nSPS) is 13.1. The molecular weight excluding hydrogens is 418 g/mol. The highest BCUT2D eigenvalue weighted by molar-refractivity contribution is 6.89. The lowest BCUT2D eigenvalue weighted by Crippen LogP contribution is -2.38. The smallest absolute Gasteiger partial charge is 0.287 e. The summed E-state index contributed by atoms with van der Waals surface area (Å²) in [6.07, 6.45) is 2.00. The molecule has 0 atom stereocenters. The van der Waals surface area contributed by atoms with E-state index >= 15 is 0 Å². The van der Waals surface area contributed by atoms with Gasteiger partial charge in [0, 0.05) is 10.8 Å². The Morgan fingerprint density at radius 2 is 1.67 bits per heavy atom. The summed E-state index contributed by atoms with van der Waals surface area (Å²) in [6.45, 7) is 16.4. The molecule has 6 rings (SSSR count). The minimum atomic E-state index is -1.54. The number of hydrogen-bond acceptors (Lipinski definition) is 1. The van der Waals surface area contributed by atoms with Crippen LogP contribution in [0.1, 0.15) is 36.5 Å². The third-order valence-corrected chi connectivity index (χ3v) is 9.68. The fourth-order valence-corrected chi connectivity index (χ4v) is 6.71. The van der Waals surface area contributed by atoms with E-state index in [9.17, 15) is 0 Å². The molecule has 0 aliphatic heterocycles. The van der Waals surface area contributed by atoms with Gasteiger partial charge in [-0.1, -0.05) is 50.8 Å². The van der Waals surface area contributed by atoms with Gasteiger partial charge in [-0.05, 0) is 65.7 Å². The SMILES string of the molecule is Cc1cc2c3ccc(C(C)C)cc3n3c4cc([Si](C)(C)C)cc5nc[n+](C)c(c(c1C)c23)c54. The van der Waals surface area contributed by atoms with Gasteiger partial charge in [-0.25, -0.2) is 4.57 Å². The van der Waals surface area contributed by atoms with E-state index in [0.29, 0.717) is 5.92 Å². The Hall–Kier alpha value is -2.98. The largest absolute Gasteiger partial charge is 0.308 e. The number of hydrogen-bond donors (Lipinski definition) is 0. The summed E-state index contributed by atoms with van der Waals surface area (Å²) in [4.78, 5) is 4.93. The van der Waals surface area contributed by atoms with Crippen molar-refractivity contribution in [2.45, 2.75) is 53.3 Å². The van der Waals surface area contributed by atoms with Crippen molar-refractivity contribution in [2.24, 2.45) is 7.05 Å². The lowest BCUT2D eigenvalue weighted by molar-refractivity contribution is -0.646. The molecule has 0 bridgehead atoms. The van der Waals surface area contributed by atoms with Crippen LogP contribution in [0.5, 0.6) is 0 Å². The van der Waals surface area contributed by atoms with Gasteiger partial charge in [0.1, 0.15) is 5.52 Å². The second-order valence-corrected chi connectivity index (χ2v) is 16.3. The third kappa shape index (κ3) is 2.67. The monoisotopic (exact) mass is 450 g/mol. The van der Waals surface area contributed by atoms with E-state index in [1.54, 1.807) is 0 Å². The van der Waals surface area contributed by atoms with E-state index in [4.69, 9.17) is 4.98 Å². The highest BCUT2D eigenvalue weighted by atomic mass is 28.3. The predicted molar refractivity (Wildman–Crippen MR) is 144 cm³/mol. The minimum Gasteiger partial charge on any atom is -0.308 e. The van der Waals surface area contributed by atoms with Crippen molar-refractivity contribution < 1.29 is 4.57 Å². The first-order valence-electron chi connectivity index (χ1n) is 12.0. The van der Waals surface area contributed by atoms with Crippen molar-refractivity contribution in [3.63, 3.8) is 0 Å². The van der Waals surface area contributed by atoms with Crippen molar-refractivity contribution in [1.82, 2.24) is 9.38 Å². The van der Waals surface area contributed by atoms with Crippen molar-refractivity contribution in [1.29, 1.82) is 0 Å². The fourth-order valence-electron chi connectivity index (χ4n) is 5.57. The molecule has 0 radical (unpaired) electrons. The Labute approximate surface area is 196 Å². The van der Waals surface area contributed by atoms with Crippen LogP contribution in [0.15, 0.2) is 42.7 Å². The van der Waals surface area contributed by atoms with E-state index in [1.807, 2.05) is 6.33 Å². The molecule has 0 saturated heterocycles. The molecule has 0 amide bonds. The molecule has 33 heavy (non-hydrogen) atoms. The molecule has 0 spiro atoms. The molecule has 0 fully saturated rings. The molecule has 166 valence electrons. The lowest BCUT2D eigenvalue weighted by Gasteiger charge is -2.19. The zero-order valence-electron chi connectivity index (χ0n) is 21.0. The van der Waals surface area contributed by atoms with Gasteiger partial charge in [-0.3, -0.25) is 0 Å². The van der Waals surface area contributed by atoms with Crippen LogP contribution in [0.4, 0.5) is 0 Å². The molecule has 3 aromatic carbocycles. The van der Waals surface area contributed by atoms with Gasteiger partial charge in [-0.15, -0.1) is 0 Å². The number of aryl methyl sites for hydroxylation is 3. The Kier molecular flexibility index (Phi) is 4.08. The summed E-state index contributed by atoms with van der Waals surface area (Å²) in [7, 11) is 0.604. The number of aromatic nitrogens is 3. The molecule has 0 aliphatic rings. The first-order chi connectivity index (χ1) is 15.6. The van der Waals surface area contributed by atoms with E-state index < -0.39 is 8.07 Å². The summed E-state index contributed by atoms with van der Waals surface area (Å²) < 4.78 is 4.78. The molecule has 0 saturated carbocycles. The van der Waals surface area contributed by atoms with E-state index in [2.05, 4.69) is 99.7 Å². The second-order valence-electron chi connectivity index (χ2n) is 11.2. The molecule has 0 unspecified atom stereocenters.